The molecule has 0 atom stereocenters. The highest BCUT2D eigenvalue weighted by Crippen LogP contribution is 2.23. The lowest BCUT2D eigenvalue weighted by atomic mass is 10.1. The van der Waals surface area contributed by atoms with E-state index in [1.807, 2.05) is 0 Å². The van der Waals surface area contributed by atoms with Crippen molar-refractivity contribution in [3.05, 3.63) is 41.5 Å². The number of aromatic carboxylic acids is 1. The highest BCUT2D eigenvalue weighted by Gasteiger charge is 2.13. The van der Waals surface area contributed by atoms with Crippen LogP contribution in [-0.2, 0) is 7.05 Å². The molecule has 0 spiro atoms. The average Bonchev–Trinajstić information content (AvgIpc) is 2.60. The Kier molecular flexibility index (Phi) is 3.01. The van der Waals surface area contributed by atoms with Crippen molar-refractivity contribution in [3.63, 3.8) is 0 Å². The average molecular weight is 249 g/mol. The molecule has 1 heterocycles. The second-order valence-electron chi connectivity index (χ2n) is 3.92. The lowest BCUT2D eigenvalue weighted by Gasteiger charge is -2.08. The van der Waals surface area contributed by atoms with Gasteiger partial charge >= 0.3 is 5.97 Å². The third-order valence-electron chi connectivity index (χ3n) is 2.49. The fraction of sp³-hybridized carbons (Fsp3) is 0.167. The van der Waals surface area contributed by atoms with E-state index in [1.54, 1.807) is 24.9 Å². The topological polar surface area (TPSA) is 67.2 Å². The molecule has 2 rings (SSSR count). The van der Waals surface area contributed by atoms with E-state index in [0.29, 0.717) is 11.4 Å². The van der Waals surface area contributed by atoms with E-state index in [0.717, 1.165) is 11.8 Å². The number of aromatic nitrogens is 2. The van der Waals surface area contributed by atoms with Crippen LogP contribution in [-0.4, -0.2) is 20.9 Å². The summed E-state index contributed by atoms with van der Waals surface area (Å²) in [5.74, 6) is -1.76. The van der Waals surface area contributed by atoms with Crippen LogP contribution in [0.25, 0.3) is 0 Å². The predicted octanol–water partition coefficient (Wildman–Crippen LogP) is 2.31. The summed E-state index contributed by atoms with van der Waals surface area (Å²) in [6, 6.07) is 3.59. The van der Waals surface area contributed by atoms with Crippen LogP contribution in [0.3, 0.4) is 0 Å². The van der Waals surface area contributed by atoms with Gasteiger partial charge in [0.05, 0.1) is 22.6 Å². The van der Waals surface area contributed by atoms with Crippen molar-refractivity contribution in [2.24, 2.45) is 7.05 Å². The van der Waals surface area contributed by atoms with Crippen LogP contribution in [0.2, 0.25) is 0 Å². The summed E-state index contributed by atoms with van der Waals surface area (Å²) < 4.78 is 14.6. The third kappa shape index (κ3) is 2.32. The number of nitrogens with one attached hydrogen (secondary N) is 1. The Morgan fingerprint density at radius 2 is 2.17 bits per heavy atom. The van der Waals surface area contributed by atoms with Crippen LogP contribution in [0.5, 0.6) is 0 Å². The third-order valence-corrected chi connectivity index (χ3v) is 2.49. The highest BCUT2D eigenvalue weighted by atomic mass is 19.1. The monoisotopic (exact) mass is 249 g/mol. The van der Waals surface area contributed by atoms with E-state index in [-0.39, 0.29) is 5.56 Å². The van der Waals surface area contributed by atoms with Crippen LogP contribution < -0.4 is 5.32 Å². The predicted molar refractivity (Wildman–Crippen MR) is 64.6 cm³/mol. The number of carbonyl (C=O) groups is 1. The molecule has 1 aromatic carbocycles. The number of carboxylic acids is 1. The van der Waals surface area contributed by atoms with Gasteiger partial charge in [-0.25, -0.2) is 9.18 Å². The summed E-state index contributed by atoms with van der Waals surface area (Å²) >= 11 is 0. The summed E-state index contributed by atoms with van der Waals surface area (Å²) in [5, 5.41) is 16.1. The van der Waals surface area contributed by atoms with E-state index in [4.69, 9.17) is 5.11 Å². The zero-order valence-corrected chi connectivity index (χ0v) is 9.94. The van der Waals surface area contributed by atoms with Crippen molar-refractivity contribution >= 4 is 17.3 Å². The van der Waals surface area contributed by atoms with Crippen LogP contribution in [0.4, 0.5) is 15.8 Å². The summed E-state index contributed by atoms with van der Waals surface area (Å²) in [4.78, 5) is 11.0. The molecule has 18 heavy (non-hydrogen) atoms. The Hall–Kier alpha value is -2.37. The van der Waals surface area contributed by atoms with Crippen LogP contribution in [0.1, 0.15) is 16.1 Å². The number of anilines is 2. The van der Waals surface area contributed by atoms with Gasteiger partial charge in [-0.3, -0.25) is 4.68 Å². The van der Waals surface area contributed by atoms with E-state index in [2.05, 4.69) is 10.4 Å². The smallest absolute Gasteiger partial charge is 0.337 e. The number of halogens is 1. The zero-order chi connectivity index (χ0) is 13.3. The Balaban J connectivity index is 2.40. The molecule has 0 amide bonds. The fourth-order valence-electron chi connectivity index (χ4n) is 1.67. The van der Waals surface area contributed by atoms with Crippen molar-refractivity contribution in [2.75, 3.05) is 5.32 Å². The van der Waals surface area contributed by atoms with Gasteiger partial charge in [-0.05, 0) is 25.1 Å². The largest absolute Gasteiger partial charge is 0.478 e. The minimum Gasteiger partial charge on any atom is -0.478 e. The Bertz CT molecular complexity index is 607. The highest BCUT2D eigenvalue weighted by molar-refractivity contribution is 5.95. The second kappa shape index (κ2) is 4.48. The number of hydrogen-bond acceptors (Lipinski definition) is 3. The van der Waals surface area contributed by atoms with Gasteiger partial charge in [0, 0.05) is 13.2 Å². The normalized spacial score (nSPS) is 10.4. The molecular weight excluding hydrogens is 237 g/mol. The second-order valence-corrected chi connectivity index (χ2v) is 3.92. The van der Waals surface area contributed by atoms with Gasteiger partial charge in [-0.15, -0.1) is 0 Å². The maximum absolute atomic E-state index is 13.0. The molecule has 1 aromatic heterocycles. The van der Waals surface area contributed by atoms with E-state index in [1.165, 1.54) is 12.1 Å². The molecule has 94 valence electrons. The van der Waals surface area contributed by atoms with Gasteiger partial charge in [0.1, 0.15) is 5.82 Å². The number of carboxylic acid groups (broad SMARTS) is 1. The molecule has 6 heteroatoms. The van der Waals surface area contributed by atoms with Crippen molar-refractivity contribution in [1.29, 1.82) is 0 Å². The number of rotatable bonds is 3. The van der Waals surface area contributed by atoms with Crippen LogP contribution in [0.15, 0.2) is 24.4 Å². The molecule has 5 nitrogen and oxygen atoms in total. The summed E-state index contributed by atoms with van der Waals surface area (Å²) in [6.07, 6.45) is 1.73. The van der Waals surface area contributed by atoms with Crippen molar-refractivity contribution < 1.29 is 14.3 Å². The molecule has 0 saturated carbocycles. The Labute approximate surface area is 103 Å². The number of aryl methyl sites for hydroxylation is 2. The number of nitrogens with zero attached hydrogens (tertiary/aromatic N) is 2. The Morgan fingerprint density at radius 3 is 2.72 bits per heavy atom. The van der Waals surface area contributed by atoms with Gasteiger partial charge in [0.2, 0.25) is 0 Å². The maximum Gasteiger partial charge on any atom is 0.337 e. The standard InChI is InChI=1S/C12H12FN3O2/c1-7-11(6-16(2)15-7)14-10-4-3-8(13)5-9(10)12(17)18/h3-6,14H,1-2H3,(H,17,18). The van der Waals surface area contributed by atoms with E-state index >= 15 is 0 Å². The summed E-state index contributed by atoms with van der Waals surface area (Å²) in [5.41, 5.74) is 1.64. The quantitative estimate of drug-likeness (QED) is 0.875. The minimum atomic E-state index is -1.18. The maximum atomic E-state index is 13.0. The SMILES string of the molecule is Cc1nn(C)cc1Nc1ccc(F)cc1C(=O)O. The zero-order valence-electron chi connectivity index (χ0n) is 9.94. The molecule has 2 aromatic rings. The first kappa shape index (κ1) is 12.1. The molecule has 0 aliphatic rings. The summed E-state index contributed by atoms with van der Waals surface area (Å²) in [7, 11) is 1.76. The first-order valence-electron chi connectivity index (χ1n) is 5.27. The van der Waals surface area contributed by atoms with Crippen molar-refractivity contribution in [3.8, 4) is 0 Å². The van der Waals surface area contributed by atoms with Gasteiger partial charge in [0.25, 0.3) is 0 Å². The van der Waals surface area contributed by atoms with Gasteiger partial charge in [-0.1, -0.05) is 0 Å². The first-order valence-corrected chi connectivity index (χ1v) is 5.27. The molecule has 2 N–H and O–H groups in total. The molecule has 0 saturated heterocycles. The van der Waals surface area contributed by atoms with E-state index in [9.17, 15) is 9.18 Å². The van der Waals surface area contributed by atoms with Crippen LogP contribution >= 0.6 is 0 Å². The molecule has 0 bridgehead atoms. The number of benzene rings is 1. The lowest BCUT2D eigenvalue weighted by Crippen LogP contribution is -2.03. The van der Waals surface area contributed by atoms with Gasteiger partial charge < -0.3 is 10.4 Å². The molecule has 0 unspecified atom stereocenters. The molecule has 0 aliphatic carbocycles. The van der Waals surface area contributed by atoms with Crippen molar-refractivity contribution in [1.82, 2.24) is 9.78 Å². The molecule has 0 aliphatic heterocycles. The summed E-state index contributed by atoms with van der Waals surface area (Å²) in [6.45, 7) is 1.80. The fourth-order valence-corrected chi connectivity index (χ4v) is 1.67. The van der Waals surface area contributed by atoms with Crippen LogP contribution in [0, 0.1) is 12.7 Å². The molecular formula is C12H12FN3O2. The Morgan fingerprint density at radius 1 is 1.44 bits per heavy atom. The van der Waals surface area contributed by atoms with Crippen molar-refractivity contribution in [2.45, 2.75) is 6.92 Å². The molecule has 0 fully saturated rings. The lowest BCUT2D eigenvalue weighted by molar-refractivity contribution is 0.0697. The first-order chi connectivity index (χ1) is 8.47. The number of hydrogen-bond donors (Lipinski definition) is 2. The van der Waals surface area contributed by atoms with E-state index < -0.39 is 11.8 Å². The van der Waals surface area contributed by atoms with Gasteiger partial charge in [0.15, 0.2) is 0 Å². The van der Waals surface area contributed by atoms with Gasteiger partial charge in [-0.2, -0.15) is 5.10 Å². The minimum absolute atomic E-state index is 0.113. The molecule has 0 radical (unpaired) electrons.